The molecule has 0 N–H and O–H groups in total. The van der Waals surface area contributed by atoms with Crippen LogP contribution in [0.3, 0.4) is 0 Å². The van der Waals surface area contributed by atoms with Gasteiger partial charge in [-0.2, -0.15) is 0 Å². The van der Waals surface area contributed by atoms with Crippen LogP contribution >= 0.6 is 15.9 Å². The number of rotatable bonds is 3. The third-order valence-corrected chi connectivity index (χ3v) is 2.76. The smallest absolute Gasteiger partial charge is 0.166 e. The fourth-order valence-corrected chi connectivity index (χ4v) is 1.52. The lowest BCUT2D eigenvalue weighted by Gasteiger charge is -2.04. The van der Waals surface area contributed by atoms with Gasteiger partial charge in [0.1, 0.15) is 0 Å². The molecule has 0 heterocycles. The first kappa shape index (κ1) is 10.2. The summed E-state index contributed by atoms with van der Waals surface area (Å²) in [7, 11) is 0. The number of benzene rings is 1. The first-order chi connectivity index (χ1) is 6.16. The second-order valence-corrected chi connectivity index (χ2v) is 3.68. The molecule has 1 nitrogen and oxygen atoms in total. The van der Waals surface area contributed by atoms with E-state index >= 15 is 0 Å². The molecular formula is C11H11BrO. The van der Waals surface area contributed by atoms with Crippen LogP contribution in [0.4, 0.5) is 0 Å². The number of carbonyl (C=O) groups is 1. The van der Waals surface area contributed by atoms with Gasteiger partial charge >= 0.3 is 0 Å². The number of allylic oxidation sites excluding steroid dienone is 1. The van der Waals surface area contributed by atoms with Gasteiger partial charge in [0.2, 0.25) is 0 Å². The van der Waals surface area contributed by atoms with Crippen LogP contribution in [0.25, 0.3) is 0 Å². The molecule has 0 fully saturated rings. The van der Waals surface area contributed by atoms with E-state index in [4.69, 9.17) is 0 Å². The molecule has 0 radical (unpaired) electrons. The summed E-state index contributed by atoms with van der Waals surface area (Å²) in [6.45, 7) is 5.48. The van der Waals surface area contributed by atoms with Gasteiger partial charge in [0.25, 0.3) is 0 Å². The Morgan fingerprint density at radius 3 is 2.92 bits per heavy atom. The van der Waals surface area contributed by atoms with Gasteiger partial charge < -0.3 is 0 Å². The van der Waals surface area contributed by atoms with E-state index in [2.05, 4.69) is 22.5 Å². The SMILES string of the molecule is C=CCC(=O)c1cccc(Br)c1C. The van der Waals surface area contributed by atoms with E-state index in [0.29, 0.717) is 6.42 Å². The summed E-state index contributed by atoms with van der Waals surface area (Å²) in [5.74, 6) is 0.119. The van der Waals surface area contributed by atoms with Crippen LogP contribution < -0.4 is 0 Å². The average molecular weight is 239 g/mol. The van der Waals surface area contributed by atoms with Gasteiger partial charge in [-0.05, 0) is 18.6 Å². The van der Waals surface area contributed by atoms with Gasteiger partial charge in [0, 0.05) is 16.5 Å². The molecule has 0 aliphatic heterocycles. The molecule has 68 valence electrons. The lowest BCUT2D eigenvalue weighted by molar-refractivity contribution is 0.0995. The van der Waals surface area contributed by atoms with Crippen LogP contribution in [0.1, 0.15) is 22.3 Å². The van der Waals surface area contributed by atoms with E-state index in [1.54, 1.807) is 6.08 Å². The maximum atomic E-state index is 11.5. The molecule has 0 amide bonds. The van der Waals surface area contributed by atoms with Crippen molar-refractivity contribution in [3.8, 4) is 0 Å². The minimum atomic E-state index is 0.119. The molecule has 0 aliphatic rings. The lowest BCUT2D eigenvalue weighted by Crippen LogP contribution is -2.00. The monoisotopic (exact) mass is 238 g/mol. The number of Topliss-reactive ketones (excluding diaryl/α,β-unsaturated/α-hetero) is 1. The minimum Gasteiger partial charge on any atom is -0.294 e. The minimum absolute atomic E-state index is 0.119. The van der Waals surface area contributed by atoms with Gasteiger partial charge in [0.05, 0.1) is 0 Å². The molecule has 0 saturated carbocycles. The molecule has 1 aromatic rings. The Balaban J connectivity index is 3.07. The van der Waals surface area contributed by atoms with Crippen molar-refractivity contribution >= 4 is 21.7 Å². The second-order valence-electron chi connectivity index (χ2n) is 2.83. The van der Waals surface area contributed by atoms with Gasteiger partial charge in [-0.25, -0.2) is 0 Å². The Kier molecular flexibility index (Phi) is 3.43. The van der Waals surface area contributed by atoms with Crippen molar-refractivity contribution in [1.29, 1.82) is 0 Å². The highest BCUT2D eigenvalue weighted by atomic mass is 79.9. The number of ketones is 1. The van der Waals surface area contributed by atoms with Gasteiger partial charge in [-0.3, -0.25) is 4.79 Å². The van der Waals surface area contributed by atoms with E-state index in [0.717, 1.165) is 15.6 Å². The Labute approximate surface area is 86.6 Å². The predicted molar refractivity (Wildman–Crippen MR) is 58.0 cm³/mol. The molecule has 1 rings (SSSR count). The van der Waals surface area contributed by atoms with Crippen molar-refractivity contribution in [2.75, 3.05) is 0 Å². The highest BCUT2D eigenvalue weighted by Crippen LogP contribution is 2.20. The van der Waals surface area contributed by atoms with Crippen molar-refractivity contribution < 1.29 is 4.79 Å². The Hall–Kier alpha value is -0.890. The van der Waals surface area contributed by atoms with Crippen LogP contribution in [0.15, 0.2) is 35.3 Å². The van der Waals surface area contributed by atoms with E-state index in [9.17, 15) is 4.79 Å². The van der Waals surface area contributed by atoms with Crippen LogP contribution in [0.2, 0.25) is 0 Å². The number of hydrogen-bond donors (Lipinski definition) is 0. The first-order valence-electron chi connectivity index (χ1n) is 4.06. The van der Waals surface area contributed by atoms with Crippen molar-refractivity contribution in [2.24, 2.45) is 0 Å². The summed E-state index contributed by atoms with van der Waals surface area (Å²) in [6.07, 6.45) is 2.03. The van der Waals surface area contributed by atoms with E-state index in [-0.39, 0.29) is 5.78 Å². The van der Waals surface area contributed by atoms with Gasteiger partial charge in [-0.1, -0.05) is 34.1 Å². The highest BCUT2D eigenvalue weighted by molar-refractivity contribution is 9.10. The van der Waals surface area contributed by atoms with Crippen molar-refractivity contribution in [3.63, 3.8) is 0 Å². The number of carbonyl (C=O) groups excluding carboxylic acids is 1. The summed E-state index contributed by atoms with van der Waals surface area (Å²) < 4.78 is 0.974. The standard InChI is InChI=1S/C11H11BrO/c1-3-5-11(13)9-6-4-7-10(12)8(9)2/h3-4,6-7H,1,5H2,2H3. The third-order valence-electron chi connectivity index (χ3n) is 1.90. The first-order valence-corrected chi connectivity index (χ1v) is 4.85. The molecule has 0 unspecified atom stereocenters. The summed E-state index contributed by atoms with van der Waals surface area (Å²) >= 11 is 3.39. The largest absolute Gasteiger partial charge is 0.294 e. The highest BCUT2D eigenvalue weighted by Gasteiger charge is 2.08. The molecular weight excluding hydrogens is 228 g/mol. The Morgan fingerprint density at radius 1 is 1.62 bits per heavy atom. The molecule has 0 bridgehead atoms. The van der Waals surface area contributed by atoms with E-state index in [1.165, 1.54) is 0 Å². The Bertz CT molecular complexity index is 342. The average Bonchev–Trinajstić information content (AvgIpc) is 2.10. The Morgan fingerprint density at radius 2 is 2.31 bits per heavy atom. The summed E-state index contributed by atoms with van der Waals surface area (Å²) in [5, 5.41) is 0. The molecule has 0 saturated heterocycles. The normalized spacial score (nSPS) is 9.69. The van der Waals surface area contributed by atoms with Crippen LogP contribution in [-0.4, -0.2) is 5.78 Å². The molecule has 2 heteroatoms. The van der Waals surface area contributed by atoms with Crippen molar-refractivity contribution in [3.05, 3.63) is 46.5 Å². The zero-order valence-electron chi connectivity index (χ0n) is 7.51. The van der Waals surface area contributed by atoms with E-state index < -0.39 is 0 Å². The fraction of sp³-hybridized carbons (Fsp3) is 0.182. The van der Waals surface area contributed by atoms with Crippen molar-refractivity contribution in [2.45, 2.75) is 13.3 Å². The van der Waals surface area contributed by atoms with Crippen LogP contribution in [0, 0.1) is 6.92 Å². The molecule has 0 aromatic heterocycles. The van der Waals surface area contributed by atoms with Crippen molar-refractivity contribution in [1.82, 2.24) is 0 Å². The molecule has 13 heavy (non-hydrogen) atoms. The maximum absolute atomic E-state index is 11.5. The third kappa shape index (κ3) is 2.28. The van der Waals surface area contributed by atoms with Gasteiger partial charge in [-0.15, -0.1) is 6.58 Å². The number of hydrogen-bond acceptors (Lipinski definition) is 1. The van der Waals surface area contributed by atoms with Crippen LogP contribution in [-0.2, 0) is 0 Å². The summed E-state index contributed by atoms with van der Waals surface area (Å²) in [4.78, 5) is 11.5. The lowest BCUT2D eigenvalue weighted by atomic mass is 10.0. The summed E-state index contributed by atoms with van der Waals surface area (Å²) in [5.41, 5.74) is 1.77. The molecule has 0 spiro atoms. The quantitative estimate of drug-likeness (QED) is 0.582. The zero-order chi connectivity index (χ0) is 9.84. The van der Waals surface area contributed by atoms with Crippen LogP contribution in [0.5, 0.6) is 0 Å². The van der Waals surface area contributed by atoms with Gasteiger partial charge in [0.15, 0.2) is 5.78 Å². The second kappa shape index (κ2) is 4.38. The van der Waals surface area contributed by atoms with E-state index in [1.807, 2.05) is 25.1 Å². The molecule has 0 aliphatic carbocycles. The molecule has 1 aromatic carbocycles. The summed E-state index contributed by atoms with van der Waals surface area (Å²) in [6, 6.07) is 5.64. The molecule has 0 atom stereocenters. The fourth-order valence-electron chi connectivity index (χ4n) is 1.15. The topological polar surface area (TPSA) is 17.1 Å². The number of halogens is 1. The maximum Gasteiger partial charge on any atom is 0.166 e. The predicted octanol–water partition coefficient (Wildman–Crippen LogP) is 3.52. The zero-order valence-corrected chi connectivity index (χ0v) is 9.10.